The summed E-state index contributed by atoms with van der Waals surface area (Å²) in [7, 11) is -3.73. The Morgan fingerprint density at radius 3 is 2.73 bits per heavy atom. The number of nitrogens with zero attached hydrogens (tertiary/aromatic N) is 2. The van der Waals surface area contributed by atoms with Crippen LogP contribution in [0, 0.1) is 11.3 Å². The summed E-state index contributed by atoms with van der Waals surface area (Å²) in [5.74, 6) is -1.34. The van der Waals surface area contributed by atoms with Crippen LogP contribution in [0.25, 0.3) is 0 Å². The van der Waals surface area contributed by atoms with Crippen LogP contribution in [0.3, 0.4) is 0 Å². The van der Waals surface area contributed by atoms with Gasteiger partial charge in [0.1, 0.15) is 0 Å². The van der Waals surface area contributed by atoms with Gasteiger partial charge < -0.3 is 14.8 Å². The lowest BCUT2D eigenvalue weighted by Gasteiger charge is -2.26. The van der Waals surface area contributed by atoms with Crippen LogP contribution in [-0.4, -0.2) is 64.1 Å². The maximum absolute atomic E-state index is 12.6. The third-order valence-corrected chi connectivity index (χ3v) is 5.47. The van der Waals surface area contributed by atoms with Gasteiger partial charge in [-0.2, -0.15) is 9.57 Å². The van der Waals surface area contributed by atoms with E-state index in [1.165, 1.54) is 28.6 Å². The zero-order chi connectivity index (χ0) is 19.0. The highest BCUT2D eigenvalue weighted by molar-refractivity contribution is 7.89. The van der Waals surface area contributed by atoms with Gasteiger partial charge in [0, 0.05) is 19.6 Å². The number of amides is 1. The number of carbonyl (C=O) groups is 2. The van der Waals surface area contributed by atoms with Crippen molar-refractivity contribution in [2.24, 2.45) is 0 Å². The predicted molar refractivity (Wildman–Crippen MR) is 89.5 cm³/mol. The van der Waals surface area contributed by atoms with Gasteiger partial charge in [0.05, 0.1) is 36.2 Å². The summed E-state index contributed by atoms with van der Waals surface area (Å²) in [5.41, 5.74) is 0.0316. The van der Waals surface area contributed by atoms with E-state index in [9.17, 15) is 18.0 Å². The average Bonchev–Trinajstić information content (AvgIpc) is 2.67. The molecule has 1 aromatic carbocycles. The zero-order valence-corrected chi connectivity index (χ0v) is 14.8. The standard InChI is InChI=1S/C16H19N3O6S/c17-5-2-6-18-15(20)12-25-16(21)13-3-1-4-14(11-13)26(22,23)19-7-9-24-10-8-19/h1,3-4,11H,2,6-10,12H2,(H,18,20). The molecule has 1 aliphatic rings. The quantitative estimate of drug-likeness (QED) is 0.516. The fourth-order valence-corrected chi connectivity index (χ4v) is 3.70. The fraction of sp³-hybridized carbons (Fsp3) is 0.438. The molecule has 0 saturated carbocycles. The number of morpholine rings is 1. The van der Waals surface area contributed by atoms with Gasteiger partial charge in [0.25, 0.3) is 5.91 Å². The van der Waals surface area contributed by atoms with Gasteiger partial charge in [0.2, 0.25) is 10.0 Å². The number of hydrogen-bond donors (Lipinski definition) is 1. The molecule has 0 spiro atoms. The number of esters is 1. The monoisotopic (exact) mass is 381 g/mol. The average molecular weight is 381 g/mol. The Bertz CT molecular complexity index is 796. The second-order valence-electron chi connectivity index (χ2n) is 5.38. The Kier molecular flexibility index (Phi) is 7.08. The molecule has 1 N–H and O–H groups in total. The molecule has 1 saturated heterocycles. The molecule has 1 heterocycles. The minimum Gasteiger partial charge on any atom is -0.452 e. The van der Waals surface area contributed by atoms with Crippen LogP contribution in [0.2, 0.25) is 0 Å². The van der Waals surface area contributed by atoms with Crippen LogP contribution in [-0.2, 0) is 24.3 Å². The highest BCUT2D eigenvalue weighted by Gasteiger charge is 2.27. The number of ether oxygens (including phenoxy) is 2. The predicted octanol–water partition coefficient (Wildman–Crippen LogP) is -0.106. The molecule has 1 aromatic rings. The highest BCUT2D eigenvalue weighted by Crippen LogP contribution is 2.18. The van der Waals surface area contributed by atoms with Crippen molar-refractivity contribution < 1.29 is 27.5 Å². The summed E-state index contributed by atoms with van der Waals surface area (Å²) in [6.07, 6.45) is 0.154. The molecule has 140 valence electrons. The molecule has 0 atom stereocenters. The summed E-state index contributed by atoms with van der Waals surface area (Å²) < 4.78 is 36.5. The molecular weight excluding hydrogens is 362 g/mol. The molecule has 0 unspecified atom stereocenters. The second-order valence-corrected chi connectivity index (χ2v) is 7.32. The van der Waals surface area contributed by atoms with Crippen molar-refractivity contribution in [1.82, 2.24) is 9.62 Å². The first-order chi connectivity index (χ1) is 12.4. The lowest BCUT2D eigenvalue weighted by molar-refractivity contribution is -0.124. The topological polar surface area (TPSA) is 126 Å². The van der Waals surface area contributed by atoms with E-state index in [-0.39, 0.29) is 36.5 Å². The molecule has 9 nitrogen and oxygen atoms in total. The summed E-state index contributed by atoms with van der Waals surface area (Å²) in [6.45, 7) is 0.800. The third kappa shape index (κ3) is 5.26. The normalized spacial score (nSPS) is 15.0. The van der Waals surface area contributed by atoms with E-state index in [0.29, 0.717) is 13.2 Å². The summed E-state index contributed by atoms with van der Waals surface area (Å²) >= 11 is 0. The Labute approximate surface area is 151 Å². The first kappa shape index (κ1) is 19.8. The maximum atomic E-state index is 12.6. The van der Waals surface area contributed by atoms with Crippen molar-refractivity contribution in [2.75, 3.05) is 39.5 Å². The summed E-state index contributed by atoms with van der Waals surface area (Å²) in [4.78, 5) is 23.5. The minimum atomic E-state index is -3.73. The van der Waals surface area contributed by atoms with Crippen molar-refractivity contribution in [2.45, 2.75) is 11.3 Å². The number of nitrogens with one attached hydrogen (secondary N) is 1. The Hall–Kier alpha value is -2.48. The number of carbonyl (C=O) groups excluding carboxylic acids is 2. The van der Waals surface area contributed by atoms with Crippen LogP contribution < -0.4 is 5.32 Å². The van der Waals surface area contributed by atoms with Crippen LogP contribution >= 0.6 is 0 Å². The van der Waals surface area contributed by atoms with Crippen molar-refractivity contribution >= 4 is 21.9 Å². The van der Waals surface area contributed by atoms with Gasteiger partial charge in [-0.25, -0.2) is 13.2 Å². The molecule has 0 radical (unpaired) electrons. The van der Waals surface area contributed by atoms with Crippen LogP contribution in [0.5, 0.6) is 0 Å². The van der Waals surface area contributed by atoms with E-state index in [1.54, 1.807) is 0 Å². The van der Waals surface area contributed by atoms with E-state index in [4.69, 9.17) is 14.7 Å². The van der Waals surface area contributed by atoms with Crippen molar-refractivity contribution in [3.05, 3.63) is 29.8 Å². The van der Waals surface area contributed by atoms with Gasteiger partial charge in [-0.3, -0.25) is 4.79 Å². The number of benzene rings is 1. The Balaban J connectivity index is 2.00. The van der Waals surface area contributed by atoms with Crippen molar-refractivity contribution in [3.63, 3.8) is 0 Å². The van der Waals surface area contributed by atoms with Gasteiger partial charge in [-0.05, 0) is 18.2 Å². The number of nitriles is 1. The molecule has 1 amide bonds. The van der Waals surface area contributed by atoms with E-state index >= 15 is 0 Å². The van der Waals surface area contributed by atoms with E-state index in [2.05, 4.69) is 5.32 Å². The molecule has 26 heavy (non-hydrogen) atoms. The van der Waals surface area contributed by atoms with Gasteiger partial charge in [-0.1, -0.05) is 6.07 Å². The molecular formula is C16H19N3O6S. The van der Waals surface area contributed by atoms with E-state index in [1.807, 2.05) is 6.07 Å². The highest BCUT2D eigenvalue weighted by atomic mass is 32.2. The van der Waals surface area contributed by atoms with E-state index < -0.39 is 28.5 Å². The molecule has 0 aromatic heterocycles. The lowest BCUT2D eigenvalue weighted by atomic mass is 10.2. The SMILES string of the molecule is N#CCCNC(=O)COC(=O)c1cccc(S(=O)(=O)N2CCOCC2)c1. The van der Waals surface area contributed by atoms with E-state index in [0.717, 1.165) is 0 Å². The van der Waals surface area contributed by atoms with Gasteiger partial charge in [0.15, 0.2) is 6.61 Å². The molecule has 0 aliphatic carbocycles. The summed E-state index contributed by atoms with van der Waals surface area (Å²) in [5, 5.41) is 10.8. The first-order valence-corrected chi connectivity index (χ1v) is 9.38. The third-order valence-electron chi connectivity index (χ3n) is 3.57. The molecule has 1 aliphatic heterocycles. The lowest BCUT2D eigenvalue weighted by Crippen LogP contribution is -2.40. The molecule has 2 rings (SSSR count). The molecule has 0 bridgehead atoms. The summed E-state index contributed by atoms with van der Waals surface area (Å²) in [6, 6.07) is 7.34. The fourth-order valence-electron chi connectivity index (χ4n) is 2.24. The van der Waals surface area contributed by atoms with Crippen LogP contribution in [0.4, 0.5) is 0 Å². The van der Waals surface area contributed by atoms with Crippen LogP contribution in [0.1, 0.15) is 16.8 Å². The maximum Gasteiger partial charge on any atom is 0.338 e. The Morgan fingerprint density at radius 1 is 1.31 bits per heavy atom. The van der Waals surface area contributed by atoms with Crippen molar-refractivity contribution in [1.29, 1.82) is 5.26 Å². The second kappa shape index (κ2) is 9.28. The number of sulfonamides is 1. The zero-order valence-electron chi connectivity index (χ0n) is 14.0. The van der Waals surface area contributed by atoms with Gasteiger partial charge >= 0.3 is 5.97 Å². The minimum absolute atomic E-state index is 0.0210. The number of rotatable bonds is 7. The van der Waals surface area contributed by atoms with Crippen molar-refractivity contribution in [3.8, 4) is 6.07 Å². The smallest absolute Gasteiger partial charge is 0.338 e. The molecule has 10 heteroatoms. The Morgan fingerprint density at radius 2 is 2.04 bits per heavy atom. The largest absolute Gasteiger partial charge is 0.452 e. The molecule has 1 fully saturated rings. The first-order valence-electron chi connectivity index (χ1n) is 7.94. The number of hydrogen-bond acceptors (Lipinski definition) is 7. The van der Waals surface area contributed by atoms with Crippen LogP contribution in [0.15, 0.2) is 29.2 Å². The van der Waals surface area contributed by atoms with Gasteiger partial charge in [-0.15, -0.1) is 0 Å².